The minimum atomic E-state index is -1.22. The van der Waals surface area contributed by atoms with Crippen LogP contribution in [0.15, 0.2) is 34.2 Å². The highest BCUT2D eigenvalue weighted by atomic mass is 19.1. The number of primary amides is 1. The highest BCUT2D eigenvalue weighted by molar-refractivity contribution is 6.41. The normalized spacial score (nSPS) is 29.4. The van der Waals surface area contributed by atoms with Crippen LogP contribution in [0.5, 0.6) is 0 Å². The van der Waals surface area contributed by atoms with Gasteiger partial charge in [-0.2, -0.15) is 0 Å². The second kappa shape index (κ2) is 10.6. The summed E-state index contributed by atoms with van der Waals surface area (Å²) in [6.07, 6.45) is 1.67. The molecule has 0 bridgehead atoms. The maximum absolute atomic E-state index is 16.7. The number of Topliss-reactive ketones (excluding diaryl/α,β-unsaturated/α-hetero) is 1. The Morgan fingerprint density at radius 1 is 1.37 bits per heavy atom. The van der Waals surface area contributed by atoms with Crippen molar-refractivity contribution >= 4 is 29.1 Å². The minimum Gasteiger partial charge on any atom is -0.515 e. The molecule has 2 aliphatic heterocycles. The van der Waals surface area contributed by atoms with Crippen LogP contribution in [-0.4, -0.2) is 65.2 Å². The van der Waals surface area contributed by atoms with Gasteiger partial charge >= 0.3 is 5.97 Å². The largest absolute Gasteiger partial charge is 0.515 e. The predicted octanol–water partition coefficient (Wildman–Crippen LogP) is 2.61. The van der Waals surface area contributed by atoms with Gasteiger partial charge in [0.1, 0.15) is 5.82 Å². The van der Waals surface area contributed by atoms with Crippen LogP contribution >= 0.6 is 0 Å². The average Bonchev–Trinajstić information content (AvgIpc) is 3.66. The predicted molar refractivity (Wildman–Crippen MR) is 152 cm³/mol. The van der Waals surface area contributed by atoms with Gasteiger partial charge in [0.15, 0.2) is 11.3 Å². The van der Waals surface area contributed by atoms with Crippen LogP contribution in [0.3, 0.4) is 0 Å². The summed E-state index contributed by atoms with van der Waals surface area (Å²) in [7, 11) is 0. The standard InChI is InChI=1S/C30H38FN5O5/c1-5-36(12-22(38)41-6-2)26-15(4)11-34-21-7-14(3)18(25(31)24(21)26)9-16-8-17-10-20(32)23(29(33)40)27-30(17,35-27)28(39)19(16)13-37/h7,13,15-17,26,34,37H,5-6,8-12,32H2,1-4H3,(H2,33,40)/t15?,16?,17-,26?,30+/m0/s1. The molecule has 1 aromatic carbocycles. The molecule has 2 aliphatic carbocycles. The van der Waals surface area contributed by atoms with Gasteiger partial charge in [0.2, 0.25) is 0 Å². The first kappa shape index (κ1) is 28.8. The minimum absolute atomic E-state index is 0.00726. The Morgan fingerprint density at radius 2 is 2.10 bits per heavy atom. The highest BCUT2D eigenvalue weighted by Gasteiger charge is 2.66. The second-order valence-corrected chi connectivity index (χ2v) is 11.6. The summed E-state index contributed by atoms with van der Waals surface area (Å²) in [6, 6.07) is 1.56. The van der Waals surface area contributed by atoms with E-state index in [-0.39, 0.29) is 66.8 Å². The third-order valence-electron chi connectivity index (χ3n) is 9.18. The number of aliphatic hydroxyl groups is 1. The number of halogens is 1. The molecule has 1 amide bonds. The van der Waals surface area contributed by atoms with Crippen molar-refractivity contribution in [1.29, 1.82) is 0 Å². The summed E-state index contributed by atoms with van der Waals surface area (Å²) < 4.78 is 21.9. The molecular weight excluding hydrogens is 529 g/mol. The molecule has 220 valence electrons. The van der Waals surface area contributed by atoms with E-state index in [1.165, 1.54) is 0 Å². The second-order valence-electron chi connectivity index (χ2n) is 11.6. The SMILES string of the molecule is CCOC(=O)CN(CC)C1c2c(cc(C)c(CC3C[C@H]4CC(N)=C(C(N)=O)C5=N[C@@]54C(=O)C3=CO)c2F)NCC1C. The Balaban J connectivity index is 1.49. The van der Waals surface area contributed by atoms with Crippen LogP contribution in [0, 0.1) is 30.5 Å². The lowest BCUT2D eigenvalue weighted by Crippen LogP contribution is -2.51. The summed E-state index contributed by atoms with van der Waals surface area (Å²) in [5.74, 6) is -2.64. The molecule has 1 saturated carbocycles. The van der Waals surface area contributed by atoms with Gasteiger partial charge < -0.3 is 26.6 Å². The third-order valence-corrected chi connectivity index (χ3v) is 9.18. The molecule has 5 rings (SSSR count). The number of hydrogen-bond acceptors (Lipinski definition) is 9. The molecule has 4 aliphatic rings. The molecule has 6 N–H and O–H groups in total. The van der Waals surface area contributed by atoms with Crippen molar-refractivity contribution in [3.05, 3.63) is 51.7 Å². The number of aliphatic hydroxyl groups excluding tert-OH is 1. The molecule has 3 unspecified atom stereocenters. The van der Waals surface area contributed by atoms with Gasteiger partial charge in [-0.05, 0) is 68.7 Å². The number of nitrogens with zero attached hydrogens (tertiary/aromatic N) is 2. The number of ketones is 1. The van der Waals surface area contributed by atoms with Crippen molar-refractivity contribution in [1.82, 2.24) is 4.90 Å². The van der Waals surface area contributed by atoms with E-state index in [1.807, 2.05) is 31.7 Å². The van der Waals surface area contributed by atoms with E-state index >= 15 is 4.39 Å². The zero-order valence-electron chi connectivity index (χ0n) is 23.9. The van der Waals surface area contributed by atoms with Crippen LogP contribution in [0.2, 0.25) is 0 Å². The maximum atomic E-state index is 16.7. The van der Waals surface area contributed by atoms with Crippen molar-refractivity contribution in [2.75, 3.05) is 31.6 Å². The van der Waals surface area contributed by atoms with E-state index < -0.39 is 23.1 Å². The van der Waals surface area contributed by atoms with E-state index in [0.29, 0.717) is 47.7 Å². The Kier molecular flexibility index (Phi) is 7.44. The smallest absolute Gasteiger partial charge is 0.320 e. The molecule has 5 atom stereocenters. The number of nitrogens with one attached hydrogen (secondary N) is 1. The summed E-state index contributed by atoms with van der Waals surface area (Å²) in [5.41, 5.74) is 13.7. The van der Waals surface area contributed by atoms with E-state index in [1.54, 1.807) is 6.92 Å². The summed E-state index contributed by atoms with van der Waals surface area (Å²) >= 11 is 0. The van der Waals surface area contributed by atoms with E-state index in [2.05, 4.69) is 10.3 Å². The number of benzene rings is 1. The number of esters is 1. The van der Waals surface area contributed by atoms with Gasteiger partial charge in [0, 0.05) is 41.0 Å². The summed E-state index contributed by atoms with van der Waals surface area (Å²) in [4.78, 5) is 44.4. The molecule has 0 aromatic heterocycles. The number of ether oxygens (including phenoxy) is 1. The van der Waals surface area contributed by atoms with E-state index in [9.17, 15) is 19.5 Å². The van der Waals surface area contributed by atoms with Crippen LogP contribution in [-0.2, 0) is 25.5 Å². The average molecular weight is 568 g/mol. The number of aryl methyl sites for hydroxylation is 1. The van der Waals surface area contributed by atoms with Crippen molar-refractivity contribution in [2.45, 2.75) is 58.5 Å². The number of fused-ring (bicyclic) bond motifs is 1. The molecule has 0 saturated heterocycles. The number of amides is 1. The number of allylic oxidation sites excluding steroid dienone is 1. The summed E-state index contributed by atoms with van der Waals surface area (Å²) in [6.45, 7) is 9.01. The van der Waals surface area contributed by atoms with Crippen molar-refractivity contribution < 1.29 is 28.6 Å². The van der Waals surface area contributed by atoms with Gasteiger partial charge in [-0.15, -0.1) is 0 Å². The lowest BCUT2D eigenvalue weighted by Gasteiger charge is -2.41. The first-order valence-electron chi connectivity index (χ1n) is 14.2. The number of anilines is 1. The first-order valence-corrected chi connectivity index (χ1v) is 14.2. The van der Waals surface area contributed by atoms with Gasteiger partial charge in [0.05, 0.1) is 30.7 Å². The highest BCUT2D eigenvalue weighted by Crippen LogP contribution is 2.55. The maximum Gasteiger partial charge on any atom is 0.320 e. The number of carbonyl (C=O) groups excluding carboxylic acids is 3. The van der Waals surface area contributed by atoms with Gasteiger partial charge in [-0.25, -0.2) is 4.39 Å². The lowest BCUT2D eigenvalue weighted by atomic mass is 9.62. The van der Waals surface area contributed by atoms with E-state index in [0.717, 1.165) is 11.8 Å². The molecular formula is C30H38FN5O5. The first-order chi connectivity index (χ1) is 19.5. The lowest BCUT2D eigenvalue weighted by molar-refractivity contribution is -0.145. The molecule has 1 aromatic rings. The van der Waals surface area contributed by atoms with Crippen molar-refractivity contribution in [3.63, 3.8) is 0 Å². The number of carbonyl (C=O) groups is 3. The van der Waals surface area contributed by atoms with Gasteiger partial charge in [0.25, 0.3) is 5.91 Å². The monoisotopic (exact) mass is 567 g/mol. The van der Waals surface area contributed by atoms with Crippen LogP contribution in [0.1, 0.15) is 56.3 Å². The zero-order valence-corrected chi connectivity index (χ0v) is 23.9. The van der Waals surface area contributed by atoms with Crippen LogP contribution in [0.25, 0.3) is 0 Å². The quantitative estimate of drug-likeness (QED) is 0.212. The van der Waals surface area contributed by atoms with Crippen molar-refractivity contribution in [2.24, 2.45) is 34.2 Å². The topological polar surface area (TPSA) is 160 Å². The zero-order chi connectivity index (χ0) is 29.8. The number of aliphatic imine (C=N–C) groups is 1. The number of hydrogen-bond donors (Lipinski definition) is 4. The van der Waals surface area contributed by atoms with E-state index in [4.69, 9.17) is 16.2 Å². The molecule has 0 radical (unpaired) electrons. The van der Waals surface area contributed by atoms with Gasteiger partial charge in [-0.3, -0.25) is 24.3 Å². The number of likely N-dealkylation sites (N-methyl/N-ethyl adjacent to an activating group) is 1. The summed E-state index contributed by atoms with van der Waals surface area (Å²) in [5, 5.41) is 13.5. The Labute approximate surface area is 238 Å². The number of rotatable bonds is 8. The molecule has 10 nitrogen and oxygen atoms in total. The molecule has 41 heavy (non-hydrogen) atoms. The molecule has 2 heterocycles. The molecule has 1 fully saturated rings. The Bertz CT molecular complexity index is 1420. The van der Waals surface area contributed by atoms with Crippen molar-refractivity contribution in [3.8, 4) is 0 Å². The Morgan fingerprint density at radius 3 is 2.73 bits per heavy atom. The fraction of sp³-hybridized carbons (Fsp3) is 0.533. The molecule has 1 spiro atoms. The van der Waals surface area contributed by atoms with Crippen LogP contribution < -0.4 is 16.8 Å². The fourth-order valence-electron chi connectivity index (χ4n) is 7.21. The fourth-order valence-corrected chi connectivity index (χ4v) is 7.21. The number of nitrogens with two attached hydrogens (primary N) is 2. The third kappa shape index (κ3) is 4.50. The van der Waals surface area contributed by atoms with Crippen LogP contribution in [0.4, 0.5) is 10.1 Å². The Hall–Kier alpha value is -3.73. The van der Waals surface area contributed by atoms with Gasteiger partial charge in [-0.1, -0.05) is 13.8 Å². The molecule has 11 heteroatoms.